The number of aromatic nitrogens is 4. The zero-order valence-corrected chi connectivity index (χ0v) is 25.4. The van der Waals surface area contributed by atoms with Gasteiger partial charge in [0.25, 0.3) is 5.91 Å². The van der Waals surface area contributed by atoms with Gasteiger partial charge in [0.05, 0.1) is 16.7 Å². The van der Waals surface area contributed by atoms with Gasteiger partial charge in [0, 0.05) is 72.7 Å². The normalized spacial score (nSPS) is 15.7. The van der Waals surface area contributed by atoms with Crippen molar-refractivity contribution in [3.05, 3.63) is 72.6 Å². The van der Waals surface area contributed by atoms with Crippen molar-refractivity contribution < 1.29 is 14.3 Å². The number of benzene rings is 2. The summed E-state index contributed by atoms with van der Waals surface area (Å²) in [6.07, 6.45) is 4.69. The Labute approximate surface area is 251 Å². The van der Waals surface area contributed by atoms with E-state index >= 15 is 0 Å². The molecule has 1 N–H and O–H groups in total. The molecule has 2 aromatic carbocycles. The van der Waals surface area contributed by atoms with Gasteiger partial charge >= 0.3 is 6.09 Å². The van der Waals surface area contributed by atoms with Crippen molar-refractivity contribution in [2.75, 3.05) is 13.1 Å². The van der Waals surface area contributed by atoms with Gasteiger partial charge in [-0.3, -0.25) is 9.78 Å². The number of carbonyl (C=O) groups is 2. The third kappa shape index (κ3) is 5.59. The first kappa shape index (κ1) is 28.5. The number of para-hydroxylation sites is 1. The molecule has 1 unspecified atom stereocenters. The number of nitrogens with zero attached hydrogens (tertiary/aromatic N) is 5. The summed E-state index contributed by atoms with van der Waals surface area (Å²) in [4.78, 5) is 37.7. The van der Waals surface area contributed by atoms with Gasteiger partial charge in [-0.2, -0.15) is 0 Å². The number of piperidine rings is 1. The van der Waals surface area contributed by atoms with Gasteiger partial charge in [0.15, 0.2) is 5.82 Å². The van der Waals surface area contributed by atoms with Gasteiger partial charge in [-0.15, -0.1) is 0 Å². The highest BCUT2D eigenvalue weighted by Crippen LogP contribution is 2.35. The number of aryl methyl sites for hydroxylation is 2. The molecule has 0 bridgehead atoms. The third-order valence-electron chi connectivity index (χ3n) is 7.97. The smallest absolute Gasteiger partial charge is 0.407 e. The van der Waals surface area contributed by atoms with Crippen LogP contribution in [0.5, 0.6) is 0 Å². The summed E-state index contributed by atoms with van der Waals surface area (Å²) in [5.74, 6) is 0.750. The van der Waals surface area contributed by atoms with Crippen LogP contribution in [0.1, 0.15) is 50.9 Å². The van der Waals surface area contributed by atoms with Crippen molar-refractivity contribution >= 4 is 33.9 Å². The first-order valence-corrected chi connectivity index (χ1v) is 14.9. The maximum Gasteiger partial charge on any atom is 0.407 e. The number of ether oxygens (including phenoxy) is 1. The molecule has 3 aromatic heterocycles. The summed E-state index contributed by atoms with van der Waals surface area (Å²) in [5, 5.41) is 4.11. The second-order valence-corrected chi connectivity index (χ2v) is 12.2. The van der Waals surface area contributed by atoms with Crippen molar-refractivity contribution in [3.63, 3.8) is 0 Å². The van der Waals surface area contributed by atoms with Gasteiger partial charge in [-0.05, 0) is 70.9 Å². The summed E-state index contributed by atoms with van der Waals surface area (Å²) in [6.45, 7) is 9.50. The van der Waals surface area contributed by atoms with E-state index in [4.69, 9.17) is 9.72 Å². The summed E-state index contributed by atoms with van der Waals surface area (Å²) >= 11 is 0. The standard InChI is InChI=1S/C34H38N6O3/c1-6-40-28-14-8-7-11-22(28)19-29(40)31-37-27-18-24(17-26(30(27)38(31)5)23-12-9-15-35-20-23)32(41)39-16-10-13-25(21-39)36-33(42)43-34(2,3)4/h7-9,11-12,14-15,17-20,25H,6,10,13,16,21H2,1-5H3,(H,36,42). The van der Waals surface area contributed by atoms with E-state index in [2.05, 4.69) is 50.6 Å². The number of pyridine rings is 1. The maximum atomic E-state index is 14.0. The van der Waals surface area contributed by atoms with Crippen molar-refractivity contribution in [1.82, 2.24) is 29.3 Å². The number of fused-ring (bicyclic) bond motifs is 2. The molecule has 0 saturated carbocycles. The molecular formula is C34H38N6O3. The Balaban J connectivity index is 1.40. The second-order valence-electron chi connectivity index (χ2n) is 12.2. The van der Waals surface area contributed by atoms with Crippen LogP contribution in [-0.4, -0.2) is 60.7 Å². The second kappa shape index (κ2) is 11.2. The van der Waals surface area contributed by atoms with Crippen LogP contribution in [0.25, 0.3) is 44.6 Å². The van der Waals surface area contributed by atoms with Crippen LogP contribution in [0.3, 0.4) is 0 Å². The molecule has 222 valence electrons. The lowest BCUT2D eigenvalue weighted by molar-refractivity contribution is 0.0452. The molecule has 0 aliphatic carbocycles. The zero-order valence-electron chi connectivity index (χ0n) is 25.4. The molecule has 1 atom stereocenters. The van der Waals surface area contributed by atoms with Gasteiger partial charge in [-0.25, -0.2) is 9.78 Å². The minimum atomic E-state index is -0.584. The highest BCUT2D eigenvalue weighted by molar-refractivity contribution is 6.03. The topological polar surface area (TPSA) is 94.3 Å². The molecule has 43 heavy (non-hydrogen) atoms. The third-order valence-corrected chi connectivity index (χ3v) is 7.97. The summed E-state index contributed by atoms with van der Waals surface area (Å²) in [5.41, 5.74) is 5.66. The fourth-order valence-electron chi connectivity index (χ4n) is 6.12. The van der Waals surface area contributed by atoms with Crippen molar-refractivity contribution in [1.29, 1.82) is 0 Å². The highest BCUT2D eigenvalue weighted by Gasteiger charge is 2.29. The summed E-state index contributed by atoms with van der Waals surface area (Å²) < 4.78 is 9.84. The number of alkyl carbamates (subject to hydrolysis) is 1. The van der Waals surface area contributed by atoms with Crippen LogP contribution < -0.4 is 5.32 Å². The monoisotopic (exact) mass is 578 g/mol. The van der Waals surface area contributed by atoms with Crippen molar-refractivity contribution in [3.8, 4) is 22.6 Å². The molecule has 6 rings (SSSR count). The predicted molar refractivity (Wildman–Crippen MR) is 169 cm³/mol. The Morgan fingerprint density at radius 1 is 1.09 bits per heavy atom. The first-order chi connectivity index (χ1) is 20.6. The van der Waals surface area contributed by atoms with E-state index in [9.17, 15) is 9.59 Å². The number of carbonyl (C=O) groups excluding carboxylic acids is 2. The lowest BCUT2D eigenvalue weighted by atomic mass is 10.00. The van der Waals surface area contributed by atoms with E-state index in [1.54, 1.807) is 6.20 Å². The van der Waals surface area contributed by atoms with Gasteiger partial charge in [0.1, 0.15) is 5.60 Å². The molecule has 1 fully saturated rings. The van der Waals surface area contributed by atoms with E-state index in [0.717, 1.165) is 64.0 Å². The van der Waals surface area contributed by atoms with E-state index < -0.39 is 11.7 Å². The van der Waals surface area contributed by atoms with E-state index in [0.29, 0.717) is 18.7 Å². The molecule has 1 aliphatic rings. The van der Waals surface area contributed by atoms with Gasteiger partial charge < -0.3 is 24.1 Å². The summed E-state index contributed by atoms with van der Waals surface area (Å²) in [7, 11) is 2.03. The number of nitrogens with one attached hydrogen (secondary N) is 1. The number of amides is 2. The quantitative estimate of drug-likeness (QED) is 0.260. The average Bonchev–Trinajstić information content (AvgIpc) is 3.52. The summed E-state index contributed by atoms with van der Waals surface area (Å²) in [6, 6.07) is 18.1. The molecule has 9 heteroatoms. The van der Waals surface area contributed by atoms with Crippen molar-refractivity contribution in [2.24, 2.45) is 7.05 Å². The number of imidazole rings is 1. The molecule has 4 heterocycles. The molecule has 0 spiro atoms. The molecule has 9 nitrogen and oxygen atoms in total. The average molecular weight is 579 g/mol. The SMILES string of the molecule is CCn1c(-c2nc3cc(C(=O)N4CCCC(NC(=O)OC(C)(C)C)C4)cc(-c4cccnc4)c3n2C)cc2ccccc21. The minimum absolute atomic E-state index is 0.0856. The number of hydrogen-bond donors (Lipinski definition) is 1. The van der Waals surface area contributed by atoms with Gasteiger partial charge in [0.2, 0.25) is 0 Å². The predicted octanol–water partition coefficient (Wildman–Crippen LogP) is 6.41. The molecule has 2 amide bonds. The van der Waals surface area contributed by atoms with Crippen LogP contribution in [0.15, 0.2) is 67.0 Å². The molecule has 1 aliphatic heterocycles. The maximum absolute atomic E-state index is 14.0. The zero-order chi connectivity index (χ0) is 30.3. The number of hydrogen-bond acceptors (Lipinski definition) is 5. The Morgan fingerprint density at radius 2 is 1.91 bits per heavy atom. The largest absolute Gasteiger partial charge is 0.444 e. The van der Waals surface area contributed by atoms with Crippen LogP contribution in [-0.2, 0) is 18.3 Å². The van der Waals surface area contributed by atoms with Crippen LogP contribution in [0.2, 0.25) is 0 Å². The first-order valence-electron chi connectivity index (χ1n) is 14.9. The van der Waals surface area contributed by atoms with Crippen molar-refractivity contribution in [2.45, 2.75) is 58.7 Å². The van der Waals surface area contributed by atoms with Crippen LogP contribution in [0.4, 0.5) is 4.79 Å². The Morgan fingerprint density at radius 3 is 2.65 bits per heavy atom. The Kier molecular flexibility index (Phi) is 7.42. The van der Waals surface area contributed by atoms with E-state index in [-0.39, 0.29) is 11.9 Å². The number of likely N-dealkylation sites (tertiary alicyclic amines) is 1. The van der Waals surface area contributed by atoms with E-state index in [1.807, 2.05) is 69.2 Å². The minimum Gasteiger partial charge on any atom is -0.444 e. The lowest BCUT2D eigenvalue weighted by Gasteiger charge is -2.33. The lowest BCUT2D eigenvalue weighted by Crippen LogP contribution is -2.50. The van der Waals surface area contributed by atoms with E-state index in [1.165, 1.54) is 0 Å². The Bertz CT molecular complexity index is 1820. The fraction of sp³-hybridized carbons (Fsp3) is 0.353. The Hall–Kier alpha value is -4.66. The molecule has 5 aromatic rings. The molecule has 1 saturated heterocycles. The molecule has 0 radical (unpaired) electrons. The van der Waals surface area contributed by atoms with Crippen LogP contribution >= 0.6 is 0 Å². The van der Waals surface area contributed by atoms with Crippen LogP contribution in [0, 0.1) is 0 Å². The fourth-order valence-corrected chi connectivity index (χ4v) is 6.12. The number of rotatable bonds is 5. The molecular weight excluding hydrogens is 540 g/mol. The highest BCUT2D eigenvalue weighted by atomic mass is 16.6. The van der Waals surface area contributed by atoms with Gasteiger partial charge in [-0.1, -0.05) is 24.3 Å².